The third kappa shape index (κ3) is 3.72. The van der Waals surface area contributed by atoms with Crippen LogP contribution in [0.4, 0.5) is 5.69 Å². The van der Waals surface area contributed by atoms with Crippen molar-refractivity contribution >= 4 is 28.6 Å². The van der Waals surface area contributed by atoms with E-state index in [1.165, 1.54) is 23.5 Å². The summed E-state index contributed by atoms with van der Waals surface area (Å²) in [4.78, 5) is 10.3. The van der Waals surface area contributed by atoms with E-state index in [1.807, 2.05) is 0 Å². The van der Waals surface area contributed by atoms with Gasteiger partial charge in [0.2, 0.25) is 0 Å². The summed E-state index contributed by atoms with van der Waals surface area (Å²) in [7, 11) is 0. The zero-order chi connectivity index (χ0) is 14.5. The maximum Gasteiger partial charge on any atom is 0.271 e. The molecule has 8 heteroatoms. The van der Waals surface area contributed by atoms with Crippen molar-refractivity contribution in [2.24, 2.45) is 0 Å². The topological polar surface area (TPSA) is 81.0 Å². The Kier molecular flexibility index (Phi) is 4.99. The van der Waals surface area contributed by atoms with Crippen LogP contribution in [-0.4, -0.2) is 21.7 Å². The van der Waals surface area contributed by atoms with E-state index in [2.05, 4.69) is 22.4 Å². The minimum atomic E-state index is -0.472. The Balaban J connectivity index is 2.21. The number of hydrogen-bond acceptors (Lipinski definition) is 6. The van der Waals surface area contributed by atoms with E-state index in [-0.39, 0.29) is 5.69 Å². The average molecular weight is 313 g/mol. The summed E-state index contributed by atoms with van der Waals surface area (Å²) in [6, 6.07) is 4.42. The minimum absolute atomic E-state index is 0.0478. The number of rotatable bonds is 6. The van der Waals surface area contributed by atoms with Crippen molar-refractivity contribution in [1.29, 1.82) is 0 Å². The molecule has 2 aromatic rings. The monoisotopic (exact) mass is 312 g/mol. The van der Waals surface area contributed by atoms with Crippen molar-refractivity contribution in [1.82, 2.24) is 15.5 Å². The lowest BCUT2D eigenvalue weighted by Crippen LogP contribution is -2.13. The Labute approximate surface area is 125 Å². The third-order valence-corrected chi connectivity index (χ3v) is 3.70. The van der Waals surface area contributed by atoms with Crippen LogP contribution >= 0.6 is 22.9 Å². The number of benzene rings is 1. The molecule has 0 aliphatic rings. The molecule has 1 N–H and O–H groups in total. The fourth-order valence-corrected chi connectivity index (χ4v) is 2.64. The summed E-state index contributed by atoms with van der Waals surface area (Å²) in [5.74, 6) is 0. The first kappa shape index (κ1) is 14.8. The molecule has 0 aliphatic carbocycles. The van der Waals surface area contributed by atoms with Gasteiger partial charge < -0.3 is 5.32 Å². The van der Waals surface area contributed by atoms with Gasteiger partial charge in [-0.2, -0.15) is 0 Å². The predicted octanol–water partition coefficient (Wildman–Crippen LogP) is 3.27. The van der Waals surface area contributed by atoms with Gasteiger partial charge in [0.15, 0.2) is 0 Å². The molecule has 0 saturated carbocycles. The molecule has 1 aromatic carbocycles. The van der Waals surface area contributed by atoms with Gasteiger partial charge in [0.05, 0.1) is 4.92 Å². The number of non-ortho nitro benzene ring substituents is 1. The second-order valence-electron chi connectivity index (χ2n) is 4.13. The van der Waals surface area contributed by atoms with Gasteiger partial charge in [-0.25, -0.2) is 0 Å². The van der Waals surface area contributed by atoms with Crippen LogP contribution in [0.3, 0.4) is 0 Å². The predicted molar refractivity (Wildman–Crippen MR) is 79.0 cm³/mol. The number of aromatic nitrogens is 2. The van der Waals surface area contributed by atoms with E-state index in [1.54, 1.807) is 6.07 Å². The molecule has 0 amide bonds. The van der Waals surface area contributed by atoms with Gasteiger partial charge >= 0.3 is 0 Å². The number of nitrogens with one attached hydrogen (secondary N) is 1. The smallest absolute Gasteiger partial charge is 0.271 e. The zero-order valence-corrected chi connectivity index (χ0v) is 12.4. The number of nitro benzene ring substituents is 1. The zero-order valence-electron chi connectivity index (χ0n) is 10.8. The lowest BCUT2D eigenvalue weighted by Gasteiger charge is -1.98. The highest BCUT2D eigenvalue weighted by atomic mass is 35.5. The largest absolute Gasteiger partial charge is 0.310 e. The molecule has 0 bridgehead atoms. The van der Waals surface area contributed by atoms with Crippen LogP contribution in [0.15, 0.2) is 18.2 Å². The van der Waals surface area contributed by atoms with Crippen molar-refractivity contribution in [3.05, 3.63) is 38.3 Å². The Morgan fingerprint density at radius 3 is 2.90 bits per heavy atom. The first-order chi connectivity index (χ1) is 9.60. The van der Waals surface area contributed by atoms with E-state index in [0.29, 0.717) is 22.1 Å². The second-order valence-corrected chi connectivity index (χ2v) is 5.63. The highest BCUT2D eigenvalue weighted by Crippen LogP contribution is 2.30. The molecule has 2 rings (SSSR count). The van der Waals surface area contributed by atoms with Gasteiger partial charge in [0.25, 0.3) is 5.69 Å². The van der Waals surface area contributed by atoms with Gasteiger partial charge in [-0.1, -0.05) is 29.9 Å². The Morgan fingerprint density at radius 1 is 1.40 bits per heavy atom. The maximum atomic E-state index is 10.8. The van der Waals surface area contributed by atoms with Gasteiger partial charge in [-0.05, 0) is 19.0 Å². The van der Waals surface area contributed by atoms with E-state index < -0.39 is 4.92 Å². The van der Waals surface area contributed by atoms with Crippen LogP contribution < -0.4 is 5.32 Å². The SMILES string of the molecule is CCCNCc1nnc(-c2cc(Cl)cc([N+](=O)[O-])c2)s1. The number of nitrogens with zero attached hydrogens (tertiary/aromatic N) is 3. The number of nitro groups is 1. The van der Waals surface area contributed by atoms with Crippen LogP contribution in [0.25, 0.3) is 10.6 Å². The first-order valence-corrected chi connectivity index (χ1v) is 7.28. The summed E-state index contributed by atoms with van der Waals surface area (Å²) in [6.45, 7) is 3.65. The molecule has 106 valence electrons. The van der Waals surface area contributed by atoms with Crippen LogP contribution in [0, 0.1) is 10.1 Å². The maximum absolute atomic E-state index is 10.8. The second kappa shape index (κ2) is 6.74. The molecule has 0 spiro atoms. The summed E-state index contributed by atoms with van der Waals surface area (Å²) < 4.78 is 0. The average Bonchev–Trinajstić information content (AvgIpc) is 2.87. The molecule has 0 atom stereocenters. The van der Waals surface area contributed by atoms with Crippen molar-refractivity contribution in [2.75, 3.05) is 6.54 Å². The van der Waals surface area contributed by atoms with Crippen LogP contribution in [-0.2, 0) is 6.54 Å². The Morgan fingerprint density at radius 2 is 2.20 bits per heavy atom. The lowest BCUT2D eigenvalue weighted by atomic mass is 10.2. The fraction of sp³-hybridized carbons (Fsp3) is 0.333. The van der Waals surface area contributed by atoms with Crippen LogP contribution in [0.5, 0.6) is 0 Å². The molecule has 1 aromatic heterocycles. The molecule has 0 saturated heterocycles. The quantitative estimate of drug-likeness (QED) is 0.503. The van der Waals surface area contributed by atoms with Crippen LogP contribution in [0.1, 0.15) is 18.4 Å². The number of halogens is 1. The normalized spacial score (nSPS) is 10.7. The molecule has 1 heterocycles. The van der Waals surface area contributed by atoms with Crippen LogP contribution in [0.2, 0.25) is 5.02 Å². The summed E-state index contributed by atoms with van der Waals surface area (Å²) in [5.41, 5.74) is 0.566. The molecule has 0 unspecified atom stereocenters. The van der Waals surface area contributed by atoms with Gasteiger partial charge in [-0.3, -0.25) is 10.1 Å². The summed E-state index contributed by atoms with van der Waals surface area (Å²) in [5, 5.41) is 24.0. The number of hydrogen-bond donors (Lipinski definition) is 1. The van der Waals surface area contributed by atoms with Crippen molar-refractivity contribution in [2.45, 2.75) is 19.9 Å². The molecular formula is C12H13ClN4O2S. The minimum Gasteiger partial charge on any atom is -0.310 e. The molecule has 6 nitrogen and oxygen atoms in total. The van der Waals surface area contributed by atoms with E-state index >= 15 is 0 Å². The molecular weight excluding hydrogens is 300 g/mol. The van der Waals surface area contributed by atoms with E-state index in [9.17, 15) is 10.1 Å². The Bertz CT molecular complexity index is 617. The highest BCUT2D eigenvalue weighted by molar-refractivity contribution is 7.14. The van der Waals surface area contributed by atoms with Gasteiger partial charge in [-0.15, -0.1) is 10.2 Å². The van der Waals surface area contributed by atoms with E-state index in [4.69, 9.17) is 11.6 Å². The highest BCUT2D eigenvalue weighted by Gasteiger charge is 2.13. The van der Waals surface area contributed by atoms with Gasteiger partial charge in [0, 0.05) is 29.3 Å². The fourth-order valence-electron chi connectivity index (χ4n) is 1.62. The van der Waals surface area contributed by atoms with Gasteiger partial charge in [0.1, 0.15) is 10.0 Å². The molecule has 0 fully saturated rings. The van der Waals surface area contributed by atoms with E-state index in [0.717, 1.165) is 18.0 Å². The third-order valence-electron chi connectivity index (χ3n) is 2.51. The molecule has 0 radical (unpaired) electrons. The molecule has 20 heavy (non-hydrogen) atoms. The van der Waals surface area contributed by atoms with Crippen molar-refractivity contribution in [3.8, 4) is 10.6 Å². The lowest BCUT2D eigenvalue weighted by molar-refractivity contribution is -0.384. The Hall–Kier alpha value is -1.57. The molecule has 0 aliphatic heterocycles. The van der Waals surface area contributed by atoms with Crippen molar-refractivity contribution < 1.29 is 4.92 Å². The first-order valence-electron chi connectivity index (χ1n) is 6.08. The van der Waals surface area contributed by atoms with Crippen molar-refractivity contribution in [3.63, 3.8) is 0 Å². The standard InChI is InChI=1S/C12H13ClN4O2S/c1-2-3-14-7-11-15-16-12(20-11)8-4-9(13)6-10(5-8)17(18)19/h4-6,14H,2-3,7H2,1H3. The summed E-state index contributed by atoms with van der Waals surface area (Å²) in [6.07, 6.45) is 1.05. The summed E-state index contributed by atoms with van der Waals surface area (Å²) >= 11 is 7.29.